The van der Waals surface area contributed by atoms with Crippen molar-refractivity contribution in [2.45, 2.75) is 19.8 Å². The lowest BCUT2D eigenvalue weighted by atomic mass is 9.94. The van der Waals surface area contributed by atoms with Crippen molar-refractivity contribution < 1.29 is 4.79 Å². The highest BCUT2D eigenvalue weighted by Gasteiger charge is 2.21. The SMILES string of the molecule is C[C@H]1CC(=O)NN=C1c1ccc(NC(=S)Cc2ccncc2)cc1.Cl. The van der Waals surface area contributed by atoms with E-state index in [2.05, 4.69) is 20.8 Å². The van der Waals surface area contributed by atoms with Gasteiger partial charge >= 0.3 is 0 Å². The van der Waals surface area contributed by atoms with E-state index in [0.29, 0.717) is 12.8 Å². The van der Waals surface area contributed by atoms with Crippen molar-refractivity contribution in [3.05, 3.63) is 59.9 Å². The number of halogens is 1. The van der Waals surface area contributed by atoms with E-state index >= 15 is 0 Å². The fraction of sp³-hybridized carbons (Fsp3) is 0.222. The van der Waals surface area contributed by atoms with Gasteiger partial charge in [0.1, 0.15) is 0 Å². The Bertz CT molecular complexity index is 777. The molecular weight excluding hydrogens is 356 g/mol. The summed E-state index contributed by atoms with van der Waals surface area (Å²) in [6, 6.07) is 11.8. The van der Waals surface area contributed by atoms with E-state index in [4.69, 9.17) is 12.2 Å². The first-order valence-corrected chi connectivity index (χ1v) is 8.18. The molecule has 2 aromatic rings. The van der Waals surface area contributed by atoms with Crippen molar-refractivity contribution in [2.75, 3.05) is 5.32 Å². The number of benzene rings is 1. The molecule has 0 bridgehead atoms. The summed E-state index contributed by atoms with van der Waals surface area (Å²) in [5.41, 5.74) is 6.51. The number of carbonyl (C=O) groups is 1. The molecule has 1 aromatic heterocycles. The summed E-state index contributed by atoms with van der Waals surface area (Å²) in [7, 11) is 0. The van der Waals surface area contributed by atoms with Crippen LogP contribution in [-0.4, -0.2) is 21.6 Å². The maximum atomic E-state index is 11.3. The van der Waals surface area contributed by atoms with Gasteiger partial charge < -0.3 is 5.32 Å². The zero-order valence-corrected chi connectivity index (χ0v) is 15.4. The minimum atomic E-state index is -0.0361. The van der Waals surface area contributed by atoms with Gasteiger partial charge in [-0.3, -0.25) is 9.78 Å². The van der Waals surface area contributed by atoms with Gasteiger partial charge in [0, 0.05) is 36.8 Å². The number of carbonyl (C=O) groups excluding carboxylic acids is 1. The van der Waals surface area contributed by atoms with Crippen molar-refractivity contribution >= 4 is 46.9 Å². The molecule has 25 heavy (non-hydrogen) atoms. The number of aromatic nitrogens is 1. The molecule has 0 spiro atoms. The normalized spacial score (nSPS) is 16.3. The standard InChI is InChI=1S/C18H18N4OS.ClH/c1-12-10-16(23)21-22-18(12)14-2-4-15(5-3-14)20-17(24)11-13-6-8-19-9-7-13;/h2-9,12H,10-11H2,1H3,(H,20,24)(H,21,23);1H/t12-;/m0./s1. The Labute approximate surface area is 158 Å². The second-order valence-corrected chi connectivity index (χ2v) is 6.29. The van der Waals surface area contributed by atoms with Crippen molar-refractivity contribution in [1.29, 1.82) is 0 Å². The number of amides is 1. The zero-order chi connectivity index (χ0) is 16.9. The van der Waals surface area contributed by atoms with Gasteiger partial charge in [-0.1, -0.05) is 31.3 Å². The van der Waals surface area contributed by atoms with Crippen LogP contribution in [-0.2, 0) is 11.2 Å². The van der Waals surface area contributed by atoms with E-state index in [0.717, 1.165) is 27.5 Å². The average molecular weight is 375 g/mol. The second-order valence-electron chi connectivity index (χ2n) is 5.79. The Morgan fingerprint density at radius 2 is 1.92 bits per heavy atom. The number of thiocarbonyl (C=S) groups is 1. The summed E-state index contributed by atoms with van der Waals surface area (Å²) in [6.45, 7) is 2.01. The van der Waals surface area contributed by atoms with E-state index in [1.54, 1.807) is 12.4 Å². The van der Waals surface area contributed by atoms with E-state index < -0.39 is 0 Å². The van der Waals surface area contributed by atoms with E-state index in [1.165, 1.54) is 0 Å². The largest absolute Gasteiger partial charge is 0.350 e. The van der Waals surface area contributed by atoms with Crippen molar-refractivity contribution in [3.63, 3.8) is 0 Å². The fourth-order valence-electron chi connectivity index (χ4n) is 2.62. The van der Waals surface area contributed by atoms with Gasteiger partial charge in [0.2, 0.25) is 5.91 Å². The van der Waals surface area contributed by atoms with Crippen molar-refractivity contribution in [3.8, 4) is 0 Å². The average Bonchev–Trinajstić information content (AvgIpc) is 2.57. The van der Waals surface area contributed by atoms with Gasteiger partial charge in [0.15, 0.2) is 0 Å². The number of hydrogen-bond donors (Lipinski definition) is 2. The Morgan fingerprint density at radius 3 is 2.56 bits per heavy atom. The highest BCUT2D eigenvalue weighted by molar-refractivity contribution is 7.80. The van der Waals surface area contributed by atoms with E-state index in [1.807, 2.05) is 43.3 Å². The summed E-state index contributed by atoms with van der Waals surface area (Å²) >= 11 is 5.40. The topological polar surface area (TPSA) is 66.4 Å². The molecule has 1 amide bonds. The summed E-state index contributed by atoms with van der Waals surface area (Å²) < 4.78 is 0. The molecule has 0 aliphatic carbocycles. The number of hydrazone groups is 1. The lowest BCUT2D eigenvalue weighted by Gasteiger charge is -2.19. The fourth-order valence-corrected chi connectivity index (χ4v) is 2.90. The summed E-state index contributed by atoms with van der Waals surface area (Å²) in [5.74, 6) is 0.0799. The third kappa shape index (κ3) is 5.08. The monoisotopic (exact) mass is 374 g/mol. The molecule has 1 aliphatic heterocycles. The van der Waals surface area contributed by atoms with Crippen LogP contribution < -0.4 is 10.7 Å². The Balaban J connectivity index is 0.00000225. The molecule has 0 saturated carbocycles. The number of nitrogens with zero attached hydrogens (tertiary/aromatic N) is 2. The molecule has 0 saturated heterocycles. The summed E-state index contributed by atoms with van der Waals surface area (Å²) in [5, 5.41) is 7.41. The minimum absolute atomic E-state index is 0. The number of nitrogens with one attached hydrogen (secondary N) is 2. The molecule has 7 heteroatoms. The molecular formula is C18H19ClN4OS. The third-order valence-corrected chi connectivity index (χ3v) is 4.08. The smallest absolute Gasteiger partial charge is 0.240 e. The van der Waals surface area contributed by atoms with Crippen LogP contribution in [0.2, 0.25) is 0 Å². The van der Waals surface area contributed by atoms with Crippen LogP contribution in [0.3, 0.4) is 0 Å². The number of anilines is 1. The lowest BCUT2D eigenvalue weighted by molar-refractivity contribution is -0.121. The van der Waals surface area contributed by atoms with Crippen LogP contribution >= 0.6 is 24.6 Å². The molecule has 2 N–H and O–H groups in total. The third-order valence-electron chi connectivity index (χ3n) is 3.84. The van der Waals surface area contributed by atoms with Crippen LogP contribution in [0.25, 0.3) is 0 Å². The van der Waals surface area contributed by atoms with Crippen molar-refractivity contribution in [2.24, 2.45) is 11.0 Å². The Hall–Kier alpha value is -2.31. The van der Waals surface area contributed by atoms with Crippen LogP contribution in [0, 0.1) is 5.92 Å². The zero-order valence-electron chi connectivity index (χ0n) is 13.7. The maximum Gasteiger partial charge on any atom is 0.240 e. The van der Waals surface area contributed by atoms with E-state index in [9.17, 15) is 4.79 Å². The van der Waals surface area contributed by atoms with Crippen LogP contribution in [0.1, 0.15) is 24.5 Å². The van der Waals surface area contributed by atoms with Crippen LogP contribution in [0.5, 0.6) is 0 Å². The maximum absolute atomic E-state index is 11.3. The van der Waals surface area contributed by atoms with Gasteiger partial charge in [-0.15, -0.1) is 12.4 Å². The molecule has 1 aliphatic rings. The first-order chi connectivity index (χ1) is 11.6. The number of rotatable bonds is 4. The van der Waals surface area contributed by atoms with Gasteiger partial charge in [-0.25, -0.2) is 5.43 Å². The molecule has 1 aromatic carbocycles. The predicted octanol–water partition coefficient (Wildman–Crippen LogP) is 3.35. The summed E-state index contributed by atoms with van der Waals surface area (Å²) in [4.78, 5) is 16.1. The molecule has 130 valence electrons. The highest BCUT2D eigenvalue weighted by atomic mass is 35.5. The Morgan fingerprint density at radius 1 is 1.24 bits per heavy atom. The Kier molecular flexibility index (Phi) is 6.61. The molecule has 5 nitrogen and oxygen atoms in total. The minimum Gasteiger partial charge on any atom is -0.350 e. The second kappa shape index (κ2) is 8.69. The highest BCUT2D eigenvalue weighted by Crippen LogP contribution is 2.18. The molecule has 0 radical (unpaired) electrons. The summed E-state index contributed by atoms with van der Waals surface area (Å²) in [6.07, 6.45) is 4.67. The first-order valence-electron chi connectivity index (χ1n) is 7.77. The number of pyridine rings is 1. The predicted molar refractivity (Wildman–Crippen MR) is 106 cm³/mol. The van der Waals surface area contributed by atoms with Gasteiger partial charge in [-0.05, 0) is 35.4 Å². The first kappa shape index (κ1) is 19.0. The van der Waals surface area contributed by atoms with E-state index in [-0.39, 0.29) is 24.2 Å². The molecule has 2 heterocycles. The van der Waals surface area contributed by atoms with Crippen molar-refractivity contribution in [1.82, 2.24) is 10.4 Å². The van der Waals surface area contributed by atoms with Gasteiger partial charge in [-0.2, -0.15) is 5.10 Å². The quantitative estimate of drug-likeness (QED) is 0.805. The molecule has 0 unspecified atom stereocenters. The van der Waals surface area contributed by atoms with Gasteiger partial charge in [0.25, 0.3) is 0 Å². The molecule has 1 atom stereocenters. The van der Waals surface area contributed by atoms with Gasteiger partial charge in [0.05, 0.1) is 10.7 Å². The van der Waals surface area contributed by atoms with Crippen LogP contribution in [0.4, 0.5) is 5.69 Å². The molecule has 3 rings (SSSR count). The van der Waals surface area contributed by atoms with Crippen LogP contribution in [0.15, 0.2) is 53.9 Å². The molecule has 0 fully saturated rings. The number of hydrogen-bond acceptors (Lipinski definition) is 4. The lowest BCUT2D eigenvalue weighted by Crippen LogP contribution is -2.31.